The normalized spacial score (nSPS) is 10.4. The van der Waals surface area contributed by atoms with Crippen molar-refractivity contribution in [3.05, 3.63) is 24.0 Å². The zero-order valence-corrected chi connectivity index (χ0v) is 8.00. The maximum absolute atomic E-state index is 11.3. The average molecular weight is 190 g/mol. The van der Waals surface area contributed by atoms with E-state index in [1.807, 2.05) is 6.07 Å². The van der Waals surface area contributed by atoms with Gasteiger partial charge in [-0.1, -0.05) is 0 Å². The first-order valence-corrected chi connectivity index (χ1v) is 4.25. The zero-order chi connectivity index (χ0) is 10.1. The topological polar surface area (TPSA) is 55.0 Å². The van der Waals surface area contributed by atoms with Crippen LogP contribution in [0.1, 0.15) is 17.3 Å². The minimum absolute atomic E-state index is 0.00440. The fourth-order valence-electron chi connectivity index (χ4n) is 1.46. The summed E-state index contributed by atoms with van der Waals surface area (Å²) in [5.41, 5.74) is 1.38. The molecule has 0 spiro atoms. The third kappa shape index (κ3) is 1.16. The Kier molecular flexibility index (Phi) is 1.96. The molecule has 0 atom stereocenters. The first-order valence-electron chi connectivity index (χ1n) is 4.25. The zero-order valence-electron chi connectivity index (χ0n) is 8.00. The van der Waals surface area contributed by atoms with Crippen molar-refractivity contribution in [2.45, 2.75) is 6.92 Å². The van der Waals surface area contributed by atoms with E-state index in [2.05, 4.69) is 9.97 Å². The Morgan fingerprint density at radius 3 is 3.00 bits per heavy atom. The summed E-state index contributed by atoms with van der Waals surface area (Å²) in [4.78, 5) is 18.3. The molecule has 0 aliphatic heterocycles. The highest BCUT2D eigenvalue weighted by atomic mass is 16.5. The summed E-state index contributed by atoms with van der Waals surface area (Å²) in [6.07, 6.45) is 3.30. The molecule has 72 valence electrons. The maximum Gasteiger partial charge on any atom is 0.238 e. The van der Waals surface area contributed by atoms with Crippen molar-refractivity contribution < 1.29 is 9.53 Å². The number of ketones is 1. The summed E-state index contributed by atoms with van der Waals surface area (Å²) in [5.74, 6) is 0.514. The number of Topliss-reactive ketones (excluding diaryl/α,β-unsaturated/α-hetero) is 1. The third-order valence-electron chi connectivity index (χ3n) is 2.13. The van der Waals surface area contributed by atoms with Crippen LogP contribution in [0.25, 0.3) is 10.9 Å². The Bertz CT molecular complexity index is 488. The Balaban J connectivity index is 2.78. The van der Waals surface area contributed by atoms with Crippen LogP contribution in [0.4, 0.5) is 0 Å². The van der Waals surface area contributed by atoms with Crippen LogP contribution in [-0.4, -0.2) is 22.9 Å². The van der Waals surface area contributed by atoms with E-state index in [1.165, 1.54) is 13.1 Å². The van der Waals surface area contributed by atoms with Gasteiger partial charge in [0.05, 0.1) is 7.11 Å². The van der Waals surface area contributed by atoms with Gasteiger partial charge in [0.15, 0.2) is 5.78 Å². The van der Waals surface area contributed by atoms with Crippen LogP contribution >= 0.6 is 0 Å². The van der Waals surface area contributed by atoms with Crippen LogP contribution in [-0.2, 0) is 0 Å². The van der Waals surface area contributed by atoms with Gasteiger partial charge in [0.2, 0.25) is 5.88 Å². The lowest BCUT2D eigenvalue weighted by Crippen LogP contribution is -1.96. The number of carbonyl (C=O) groups is 1. The van der Waals surface area contributed by atoms with E-state index in [9.17, 15) is 4.79 Å². The van der Waals surface area contributed by atoms with E-state index in [0.717, 1.165) is 10.9 Å². The highest BCUT2D eigenvalue weighted by Crippen LogP contribution is 2.24. The molecule has 2 aromatic rings. The van der Waals surface area contributed by atoms with Gasteiger partial charge in [-0.3, -0.25) is 4.79 Å². The third-order valence-corrected chi connectivity index (χ3v) is 2.13. The second-order valence-corrected chi connectivity index (χ2v) is 3.00. The Hall–Kier alpha value is -1.84. The second-order valence-electron chi connectivity index (χ2n) is 3.00. The molecule has 0 fully saturated rings. The molecule has 2 aromatic heterocycles. The monoisotopic (exact) mass is 190 g/mol. The first-order chi connectivity index (χ1) is 6.74. The largest absolute Gasteiger partial charge is 0.479 e. The first kappa shape index (κ1) is 8.74. The van der Waals surface area contributed by atoms with Crippen molar-refractivity contribution in [2.75, 3.05) is 7.11 Å². The summed E-state index contributed by atoms with van der Waals surface area (Å²) in [7, 11) is 1.55. The number of ether oxygens (including phenoxy) is 1. The van der Waals surface area contributed by atoms with E-state index < -0.39 is 0 Å². The summed E-state index contributed by atoms with van der Waals surface area (Å²) in [5, 5.41) is 0.851. The van der Waals surface area contributed by atoms with Crippen molar-refractivity contribution in [1.29, 1.82) is 0 Å². The quantitative estimate of drug-likeness (QED) is 0.734. The number of carbonyl (C=O) groups excluding carboxylic acids is 1. The van der Waals surface area contributed by atoms with Crippen LogP contribution in [0.2, 0.25) is 0 Å². The molecule has 1 N–H and O–H groups in total. The van der Waals surface area contributed by atoms with E-state index in [4.69, 9.17) is 4.74 Å². The lowest BCUT2D eigenvalue weighted by Gasteiger charge is -2.02. The molecule has 0 aromatic carbocycles. The van der Waals surface area contributed by atoms with Gasteiger partial charge in [0.1, 0.15) is 5.52 Å². The Morgan fingerprint density at radius 1 is 1.57 bits per heavy atom. The van der Waals surface area contributed by atoms with E-state index in [1.54, 1.807) is 13.3 Å². The van der Waals surface area contributed by atoms with E-state index >= 15 is 0 Å². The molecular formula is C10H10N2O2. The number of rotatable bonds is 2. The molecule has 0 amide bonds. The molecule has 0 unspecified atom stereocenters. The minimum Gasteiger partial charge on any atom is -0.479 e. The fourth-order valence-corrected chi connectivity index (χ4v) is 1.46. The van der Waals surface area contributed by atoms with Gasteiger partial charge in [0.25, 0.3) is 0 Å². The molecule has 2 heterocycles. The molecular weight excluding hydrogens is 180 g/mol. The van der Waals surface area contributed by atoms with Gasteiger partial charge >= 0.3 is 0 Å². The smallest absolute Gasteiger partial charge is 0.238 e. The van der Waals surface area contributed by atoms with Crippen LogP contribution in [0, 0.1) is 0 Å². The Morgan fingerprint density at radius 2 is 2.36 bits per heavy atom. The number of nitrogens with one attached hydrogen (secondary N) is 1. The van der Waals surface area contributed by atoms with Crippen molar-refractivity contribution >= 4 is 16.7 Å². The molecule has 0 bridgehead atoms. The van der Waals surface area contributed by atoms with Crippen molar-refractivity contribution in [3.63, 3.8) is 0 Å². The van der Waals surface area contributed by atoms with Gasteiger partial charge in [0, 0.05) is 23.3 Å². The van der Waals surface area contributed by atoms with Gasteiger partial charge in [-0.05, 0) is 13.0 Å². The summed E-state index contributed by atoms with van der Waals surface area (Å²) in [6.45, 7) is 1.52. The number of hydrogen-bond acceptors (Lipinski definition) is 3. The van der Waals surface area contributed by atoms with Crippen molar-refractivity contribution in [2.24, 2.45) is 0 Å². The summed E-state index contributed by atoms with van der Waals surface area (Å²) >= 11 is 0. The molecule has 0 aliphatic rings. The molecule has 0 aliphatic carbocycles. The standard InChI is InChI=1S/C10H10N2O2/c1-6(13)8-5-12-10(14-2)9-7(8)3-4-11-9/h3-5,11H,1-2H3. The number of H-pyrrole nitrogens is 1. The van der Waals surface area contributed by atoms with Gasteiger partial charge in [-0.2, -0.15) is 0 Å². The van der Waals surface area contributed by atoms with Gasteiger partial charge in [-0.25, -0.2) is 4.98 Å². The molecule has 0 saturated heterocycles. The number of aromatic nitrogens is 2. The van der Waals surface area contributed by atoms with Gasteiger partial charge < -0.3 is 9.72 Å². The number of pyridine rings is 1. The number of fused-ring (bicyclic) bond motifs is 1. The van der Waals surface area contributed by atoms with Crippen molar-refractivity contribution in [3.8, 4) is 5.88 Å². The lowest BCUT2D eigenvalue weighted by atomic mass is 10.1. The predicted molar refractivity (Wildman–Crippen MR) is 52.7 cm³/mol. The van der Waals surface area contributed by atoms with E-state index in [-0.39, 0.29) is 5.78 Å². The maximum atomic E-state index is 11.3. The molecule has 4 nitrogen and oxygen atoms in total. The molecule has 14 heavy (non-hydrogen) atoms. The Labute approximate surface area is 80.9 Å². The number of hydrogen-bond donors (Lipinski definition) is 1. The van der Waals surface area contributed by atoms with Crippen LogP contribution in [0.5, 0.6) is 5.88 Å². The number of aromatic amines is 1. The average Bonchev–Trinajstić information content (AvgIpc) is 2.64. The van der Waals surface area contributed by atoms with Crippen LogP contribution in [0.15, 0.2) is 18.5 Å². The lowest BCUT2D eigenvalue weighted by molar-refractivity contribution is 0.101. The van der Waals surface area contributed by atoms with Crippen LogP contribution < -0.4 is 4.74 Å². The molecule has 0 radical (unpaired) electrons. The predicted octanol–water partition coefficient (Wildman–Crippen LogP) is 1.77. The molecule has 0 saturated carbocycles. The summed E-state index contributed by atoms with van der Waals surface area (Å²) < 4.78 is 5.07. The highest BCUT2D eigenvalue weighted by molar-refractivity contribution is 6.06. The second kappa shape index (κ2) is 3.14. The number of methoxy groups -OCH3 is 1. The molecule has 2 rings (SSSR count). The SMILES string of the molecule is COc1ncc(C(C)=O)c2cc[nH]c12. The van der Waals surface area contributed by atoms with E-state index in [0.29, 0.717) is 11.4 Å². The van der Waals surface area contributed by atoms with Crippen molar-refractivity contribution in [1.82, 2.24) is 9.97 Å². The minimum atomic E-state index is 0.00440. The highest BCUT2D eigenvalue weighted by Gasteiger charge is 2.11. The fraction of sp³-hybridized carbons (Fsp3) is 0.200. The molecule has 4 heteroatoms. The van der Waals surface area contributed by atoms with Crippen LogP contribution in [0.3, 0.4) is 0 Å². The number of nitrogens with zero attached hydrogens (tertiary/aromatic N) is 1. The van der Waals surface area contributed by atoms with Gasteiger partial charge in [-0.15, -0.1) is 0 Å². The summed E-state index contributed by atoms with van der Waals surface area (Å²) in [6, 6.07) is 1.84.